The fourth-order valence-electron chi connectivity index (χ4n) is 0.497. The summed E-state index contributed by atoms with van der Waals surface area (Å²) in [5.74, 6) is 0.116. The van der Waals surface area contributed by atoms with Gasteiger partial charge in [-0.05, 0) is 18.9 Å². The molecule has 0 bridgehead atoms. The predicted octanol–water partition coefficient (Wildman–Crippen LogP) is 3.63. The van der Waals surface area contributed by atoms with Crippen molar-refractivity contribution in [3.63, 3.8) is 0 Å². The average Bonchev–Trinajstić information content (AvgIpc) is 1.86. The van der Waals surface area contributed by atoms with E-state index in [0.29, 0.717) is 5.92 Å². The third-order valence-corrected chi connectivity index (χ3v) is 1.55. The lowest BCUT2D eigenvalue weighted by atomic mass is 10.1. The molecule has 0 aromatic heterocycles. The maximum Gasteiger partial charge on any atom is 0.116 e. The van der Waals surface area contributed by atoms with Crippen LogP contribution in [0.25, 0.3) is 0 Å². The zero-order valence-electron chi connectivity index (χ0n) is 7.39. The van der Waals surface area contributed by atoms with Gasteiger partial charge in [0, 0.05) is 0 Å². The molecule has 0 heterocycles. The fourth-order valence-corrected chi connectivity index (χ4v) is 0.497. The Morgan fingerprint density at radius 3 is 2.36 bits per heavy atom. The molecule has 0 spiro atoms. The second-order valence-electron chi connectivity index (χ2n) is 2.87. The van der Waals surface area contributed by atoms with Gasteiger partial charge in [-0.2, -0.15) is 0 Å². The monoisotopic (exact) mass is 154 g/mol. The van der Waals surface area contributed by atoms with Crippen molar-refractivity contribution >= 4 is 0 Å². The molecule has 0 fully saturated rings. The Bertz CT molecular complexity index is 185. The molecule has 0 amide bonds. The molecule has 0 unspecified atom stereocenters. The smallest absolute Gasteiger partial charge is 0.116 e. The lowest BCUT2D eigenvalue weighted by Gasteiger charge is -2.01. The van der Waals surface area contributed by atoms with Crippen LogP contribution in [0, 0.1) is 5.92 Å². The van der Waals surface area contributed by atoms with E-state index in [-0.39, 0.29) is 0 Å². The van der Waals surface area contributed by atoms with Crippen molar-refractivity contribution in [2.45, 2.75) is 20.8 Å². The van der Waals surface area contributed by atoms with Crippen LogP contribution >= 0.6 is 0 Å². The van der Waals surface area contributed by atoms with Gasteiger partial charge >= 0.3 is 0 Å². The first kappa shape index (κ1) is 10.2. The number of allylic oxidation sites excluding steroid dienone is 5. The van der Waals surface area contributed by atoms with Crippen LogP contribution in [0.4, 0.5) is 4.39 Å². The van der Waals surface area contributed by atoms with E-state index >= 15 is 0 Å². The number of rotatable bonds is 3. The molecule has 0 rings (SSSR count). The third kappa shape index (κ3) is 5.59. The molecule has 0 aliphatic heterocycles. The minimum Gasteiger partial charge on any atom is -0.208 e. The van der Waals surface area contributed by atoms with Crippen LogP contribution < -0.4 is 0 Å². The second-order valence-corrected chi connectivity index (χ2v) is 2.87. The molecule has 0 saturated heterocycles. The van der Waals surface area contributed by atoms with Crippen molar-refractivity contribution in [3.8, 4) is 0 Å². The Balaban J connectivity index is 4.01. The summed E-state index contributed by atoms with van der Waals surface area (Å²) in [6, 6.07) is 0. The van der Waals surface area contributed by atoms with Crippen molar-refractivity contribution in [3.05, 3.63) is 36.2 Å². The lowest BCUT2D eigenvalue weighted by molar-refractivity contribution is 0.671. The predicted molar refractivity (Wildman–Crippen MR) is 48.0 cm³/mol. The van der Waals surface area contributed by atoms with Gasteiger partial charge in [-0.3, -0.25) is 0 Å². The van der Waals surface area contributed by atoms with Crippen LogP contribution in [0.5, 0.6) is 0 Å². The van der Waals surface area contributed by atoms with Crippen molar-refractivity contribution in [2.24, 2.45) is 5.92 Å². The summed E-state index contributed by atoms with van der Waals surface area (Å²) in [6.45, 7) is 9.34. The summed E-state index contributed by atoms with van der Waals surface area (Å²) in [7, 11) is 0. The first-order valence-corrected chi connectivity index (χ1v) is 3.73. The number of hydrogen-bond acceptors (Lipinski definition) is 0. The molecule has 0 aliphatic rings. The highest BCUT2D eigenvalue weighted by molar-refractivity contribution is 5.17. The van der Waals surface area contributed by atoms with Gasteiger partial charge in [-0.1, -0.05) is 38.2 Å². The highest BCUT2D eigenvalue weighted by Gasteiger charge is 1.92. The average molecular weight is 154 g/mol. The summed E-state index contributed by atoms with van der Waals surface area (Å²) < 4.78 is 12.0. The first-order chi connectivity index (χ1) is 5.04. The highest BCUT2D eigenvalue weighted by Crippen LogP contribution is 2.07. The Morgan fingerprint density at radius 2 is 2.00 bits per heavy atom. The first-order valence-electron chi connectivity index (χ1n) is 3.73. The molecule has 0 radical (unpaired) electrons. The SMILES string of the molecule is C=C(F)/C=C\C=C(/C)C(C)C. The van der Waals surface area contributed by atoms with Gasteiger partial charge in [0.05, 0.1) is 0 Å². The maximum absolute atomic E-state index is 12.0. The number of halogens is 1. The zero-order chi connectivity index (χ0) is 8.85. The number of hydrogen-bond donors (Lipinski definition) is 0. The third-order valence-electron chi connectivity index (χ3n) is 1.55. The van der Waals surface area contributed by atoms with Crippen molar-refractivity contribution in [1.82, 2.24) is 0 Å². The molecule has 0 saturated carbocycles. The van der Waals surface area contributed by atoms with E-state index in [1.807, 2.05) is 13.0 Å². The molecule has 62 valence electrons. The quantitative estimate of drug-likeness (QED) is 0.544. The minimum atomic E-state index is -0.405. The minimum absolute atomic E-state index is 0.405. The van der Waals surface area contributed by atoms with Crippen molar-refractivity contribution in [2.75, 3.05) is 0 Å². The van der Waals surface area contributed by atoms with E-state index in [2.05, 4.69) is 20.4 Å². The summed E-state index contributed by atoms with van der Waals surface area (Å²) in [5, 5.41) is 0. The van der Waals surface area contributed by atoms with Gasteiger partial charge in [0.25, 0.3) is 0 Å². The van der Waals surface area contributed by atoms with Crippen molar-refractivity contribution < 1.29 is 4.39 Å². The fraction of sp³-hybridized carbons (Fsp3) is 0.400. The summed E-state index contributed by atoms with van der Waals surface area (Å²) in [6.07, 6.45) is 4.93. The van der Waals surface area contributed by atoms with Crippen LogP contribution in [0.3, 0.4) is 0 Å². The molecule has 1 heteroatoms. The largest absolute Gasteiger partial charge is 0.208 e. The van der Waals surface area contributed by atoms with Crippen molar-refractivity contribution in [1.29, 1.82) is 0 Å². The summed E-state index contributed by atoms with van der Waals surface area (Å²) in [5.41, 5.74) is 1.24. The van der Waals surface area contributed by atoms with Gasteiger partial charge in [0.2, 0.25) is 0 Å². The molecular weight excluding hydrogens is 139 g/mol. The standard InChI is InChI=1S/C10H15F/c1-8(2)9(3)6-5-7-10(4)11/h5-8H,4H2,1-3H3/b7-5-,9-6+. The molecule has 0 nitrogen and oxygen atoms in total. The van der Waals surface area contributed by atoms with Crippen LogP contribution in [-0.2, 0) is 0 Å². The molecular formula is C10H15F. The van der Waals surface area contributed by atoms with Gasteiger partial charge < -0.3 is 0 Å². The van der Waals surface area contributed by atoms with Gasteiger partial charge in [-0.15, -0.1) is 0 Å². The zero-order valence-corrected chi connectivity index (χ0v) is 7.39. The van der Waals surface area contributed by atoms with E-state index < -0.39 is 5.83 Å². The van der Waals surface area contributed by atoms with Crippen LogP contribution in [0.1, 0.15) is 20.8 Å². The topological polar surface area (TPSA) is 0 Å². The molecule has 0 atom stereocenters. The Labute approximate surface area is 68.1 Å². The second kappa shape index (κ2) is 4.89. The van der Waals surface area contributed by atoms with Gasteiger partial charge in [0.1, 0.15) is 5.83 Å². The van der Waals surface area contributed by atoms with E-state index in [1.54, 1.807) is 6.08 Å². The molecule has 11 heavy (non-hydrogen) atoms. The van der Waals surface area contributed by atoms with E-state index in [9.17, 15) is 4.39 Å². The van der Waals surface area contributed by atoms with Crippen LogP contribution in [0.2, 0.25) is 0 Å². The van der Waals surface area contributed by atoms with E-state index in [1.165, 1.54) is 11.6 Å². The normalized spacial score (nSPS) is 13.0. The lowest BCUT2D eigenvalue weighted by Crippen LogP contribution is -1.86. The highest BCUT2D eigenvalue weighted by atomic mass is 19.1. The van der Waals surface area contributed by atoms with Gasteiger partial charge in [-0.25, -0.2) is 4.39 Å². The molecule has 0 aliphatic carbocycles. The Kier molecular flexibility index (Phi) is 4.51. The van der Waals surface area contributed by atoms with Crippen LogP contribution in [0.15, 0.2) is 36.2 Å². The maximum atomic E-state index is 12.0. The summed E-state index contributed by atoms with van der Waals surface area (Å²) >= 11 is 0. The van der Waals surface area contributed by atoms with E-state index in [4.69, 9.17) is 0 Å². The Hall–Kier alpha value is -0.850. The van der Waals surface area contributed by atoms with E-state index in [0.717, 1.165) is 0 Å². The molecule has 0 aromatic rings. The van der Waals surface area contributed by atoms with Crippen LogP contribution in [-0.4, -0.2) is 0 Å². The molecule has 0 N–H and O–H groups in total. The molecule has 0 aromatic carbocycles. The summed E-state index contributed by atoms with van der Waals surface area (Å²) in [4.78, 5) is 0. The van der Waals surface area contributed by atoms with Gasteiger partial charge in [0.15, 0.2) is 0 Å². The Morgan fingerprint density at radius 1 is 1.45 bits per heavy atom.